The number of halogens is 2. The molecule has 2 rings (SSSR count). The lowest BCUT2D eigenvalue weighted by Gasteiger charge is -2.40. The Bertz CT molecular complexity index is 587. The standard InChI is InChI=1S/C19H26F2N2O2/c1-14-16(22-18(25)19(2,20)21)11-7-13-23(14)17(24)12-6-10-15-8-4-3-5-9-15/h3-5,8-9,14,16H,6-7,10-13H2,1-2H3,(H,22,25). The molecule has 1 heterocycles. The number of likely N-dealkylation sites (tertiary alicyclic amines) is 1. The molecular weight excluding hydrogens is 326 g/mol. The van der Waals surface area contributed by atoms with E-state index in [9.17, 15) is 18.4 Å². The normalized spacial score (nSPS) is 21.0. The van der Waals surface area contributed by atoms with Gasteiger partial charge in [-0.3, -0.25) is 9.59 Å². The number of hydrogen-bond donors (Lipinski definition) is 1. The van der Waals surface area contributed by atoms with Crippen LogP contribution in [0.5, 0.6) is 0 Å². The molecule has 1 aliphatic heterocycles. The molecule has 1 aliphatic rings. The molecule has 0 radical (unpaired) electrons. The number of alkyl halides is 2. The van der Waals surface area contributed by atoms with Gasteiger partial charge in [-0.05, 0) is 38.2 Å². The zero-order chi connectivity index (χ0) is 18.4. The molecule has 6 heteroatoms. The van der Waals surface area contributed by atoms with E-state index in [1.54, 1.807) is 4.90 Å². The summed E-state index contributed by atoms with van der Waals surface area (Å²) in [6, 6.07) is 9.27. The minimum Gasteiger partial charge on any atom is -0.346 e. The summed E-state index contributed by atoms with van der Waals surface area (Å²) in [6.45, 7) is 3.01. The summed E-state index contributed by atoms with van der Waals surface area (Å²) in [6.07, 6.45) is 3.31. The number of hydrogen-bond acceptors (Lipinski definition) is 2. The van der Waals surface area contributed by atoms with Gasteiger partial charge in [0.1, 0.15) is 0 Å². The lowest BCUT2D eigenvalue weighted by Crippen LogP contribution is -2.57. The maximum absolute atomic E-state index is 13.1. The van der Waals surface area contributed by atoms with Gasteiger partial charge in [0.2, 0.25) is 5.91 Å². The molecule has 2 amide bonds. The van der Waals surface area contributed by atoms with Crippen molar-refractivity contribution in [2.75, 3.05) is 6.54 Å². The fourth-order valence-corrected chi connectivity index (χ4v) is 3.22. The Labute approximate surface area is 147 Å². The molecule has 1 aromatic carbocycles. The monoisotopic (exact) mass is 352 g/mol. The van der Waals surface area contributed by atoms with Gasteiger partial charge in [-0.1, -0.05) is 30.3 Å². The van der Waals surface area contributed by atoms with E-state index in [2.05, 4.69) is 5.32 Å². The Balaban J connectivity index is 1.85. The highest BCUT2D eigenvalue weighted by Gasteiger charge is 2.37. The summed E-state index contributed by atoms with van der Waals surface area (Å²) in [5, 5.41) is 2.39. The first-order chi connectivity index (χ1) is 11.8. The zero-order valence-electron chi connectivity index (χ0n) is 14.8. The van der Waals surface area contributed by atoms with E-state index >= 15 is 0 Å². The number of carbonyl (C=O) groups is 2. The Kier molecular flexibility index (Phi) is 6.51. The number of aryl methyl sites for hydroxylation is 1. The summed E-state index contributed by atoms with van der Waals surface area (Å²) in [7, 11) is 0. The fraction of sp³-hybridized carbons (Fsp3) is 0.579. The summed E-state index contributed by atoms with van der Waals surface area (Å²) >= 11 is 0. The molecule has 0 aromatic heterocycles. The van der Waals surface area contributed by atoms with E-state index in [0.717, 1.165) is 12.8 Å². The van der Waals surface area contributed by atoms with Crippen LogP contribution < -0.4 is 5.32 Å². The third kappa shape index (κ3) is 5.51. The fourth-order valence-electron chi connectivity index (χ4n) is 3.22. The van der Waals surface area contributed by atoms with Crippen molar-refractivity contribution in [3.05, 3.63) is 35.9 Å². The number of benzene rings is 1. The third-order valence-corrected chi connectivity index (χ3v) is 4.72. The van der Waals surface area contributed by atoms with E-state index in [-0.39, 0.29) is 11.9 Å². The second-order valence-corrected chi connectivity index (χ2v) is 6.78. The molecule has 4 nitrogen and oxygen atoms in total. The van der Waals surface area contributed by atoms with E-state index in [4.69, 9.17) is 0 Å². The average Bonchev–Trinajstić information content (AvgIpc) is 2.56. The number of amides is 2. The van der Waals surface area contributed by atoms with E-state index in [1.165, 1.54) is 5.56 Å². The van der Waals surface area contributed by atoms with E-state index < -0.39 is 17.9 Å². The molecule has 2 unspecified atom stereocenters. The predicted molar refractivity (Wildman–Crippen MR) is 92.3 cm³/mol. The maximum atomic E-state index is 13.1. The minimum absolute atomic E-state index is 0.0191. The Hall–Kier alpha value is -1.98. The topological polar surface area (TPSA) is 49.4 Å². The van der Waals surface area contributed by atoms with Crippen LogP contribution in [0.4, 0.5) is 8.78 Å². The second kappa shape index (κ2) is 8.41. The number of rotatable bonds is 6. The first kappa shape index (κ1) is 19.3. The van der Waals surface area contributed by atoms with Crippen LogP contribution in [0.1, 0.15) is 45.1 Å². The highest BCUT2D eigenvalue weighted by Crippen LogP contribution is 2.21. The van der Waals surface area contributed by atoms with Gasteiger partial charge in [0, 0.05) is 32.0 Å². The molecule has 25 heavy (non-hydrogen) atoms. The smallest absolute Gasteiger partial charge is 0.321 e. The van der Waals surface area contributed by atoms with Crippen LogP contribution in [-0.4, -0.2) is 41.3 Å². The average molecular weight is 352 g/mol. The van der Waals surface area contributed by atoms with Crippen molar-refractivity contribution in [1.29, 1.82) is 0 Å². The van der Waals surface area contributed by atoms with Crippen molar-refractivity contribution in [1.82, 2.24) is 10.2 Å². The Morgan fingerprint density at radius 3 is 2.60 bits per heavy atom. The van der Waals surface area contributed by atoms with Crippen molar-refractivity contribution in [3.63, 3.8) is 0 Å². The summed E-state index contributed by atoms with van der Waals surface area (Å²) in [5.41, 5.74) is 1.19. The molecule has 1 aromatic rings. The largest absolute Gasteiger partial charge is 0.346 e. The molecule has 138 valence electrons. The molecule has 0 aliphatic carbocycles. The van der Waals surface area contributed by atoms with Gasteiger partial charge in [-0.15, -0.1) is 0 Å². The second-order valence-electron chi connectivity index (χ2n) is 6.78. The van der Waals surface area contributed by atoms with Crippen LogP contribution in [0.15, 0.2) is 30.3 Å². The van der Waals surface area contributed by atoms with Gasteiger partial charge >= 0.3 is 5.92 Å². The van der Waals surface area contributed by atoms with Gasteiger partial charge in [0.25, 0.3) is 5.91 Å². The first-order valence-corrected chi connectivity index (χ1v) is 8.81. The molecule has 1 N–H and O–H groups in total. The summed E-state index contributed by atoms with van der Waals surface area (Å²) in [4.78, 5) is 25.7. The highest BCUT2D eigenvalue weighted by atomic mass is 19.3. The lowest BCUT2D eigenvalue weighted by molar-refractivity contribution is -0.146. The van der Waals surface area contributed by atoms with Gasteiger partial charge in [-0.25, -0.2) is 0 Å². The van der Waals surface area contributed by atoms with Crippen LogP contribution >= 0.6 is 0 Å². The number of piperidine rings is 1. The van der Waals surface area contributed by atoms with Gasteiger partial charge in [-0.2, -0.15) is 8.78 Å². The minimum atomic E-state index is -3.40. The van der Waals surface area contributed by atoms with Crippen LogP contribution in [0, 0.1) is 0 Å². The van der Waals surface area contributed by atoms with Gasteiger partial charge < -0.3 is 10.2 Å². The molecule has 0 bridgehead atoms. The quantitative estimate of drug-likeness (QED) is 0.855. The van der Waals surface area contributed by atoms with Gasteiger partial charge in [0.05, 0.1) is 0 Å². The van der Waals surface area contributed by atoms with Crippen LogP contribution in [0.25, 0.3) is 0 Å². The molecule has 2 atom stereocenters. The molecule has 1 saturated heterocycles. The molecule has 1 fully saturated rings. The van der Waals surface area contributed by atoms with Crippen molar-refractivity contribution < 1.29 is 18.4 Å². The number of nitrogens with zero attached hydrogens (tertiary/aromatic N) is 1. The maximum Gasteiger partial charge on any atom is 0.321 e. The van der Waals surface area contributed by atoms with Crippen molar-refractivity contribution in [2.24, 2.45) is 0 Å². The Morgan fingerprint density at radius 1 is 1.28 bits per heavy atom. The summed E-state index contributed by atoms with van der Waals surface area (Å²) in [5.74, 6) is -4.66. The van der Waals surface area contributed by atoms with Crippen molar-refractivity contribution >= 4 is 11.8 Å². The third-order valence-electron chi connectivity index (χ3n) is 4.72. The van der Waals surface area contributed by atoms with Gasteiger partial charge in [0.15, 0.2) is 0 Å². The number of carbonyl (C=O) groups excluding carboxylic acids is 2. The predicted octanol–water partition coefficient (Wildman–Crippen LogP) is 3.16. The highest BCUT2D eigenvalue weighted by molar-refractivity contribution is 5.83. The SMILES string of the molecule is CC1C(NC(=O)C(C)(F)F)CCCN1C(=O)CCCc1ccccc1. The van der Waals surface area contributed by atoms with Crippen LogP contribution in [0.2, 0.25) is 0 Å². The molecule has 0 saturated carbocycles. The molecule has 0 spiro atoms. The van der Waals surface area contributed by atoms with E-state index in [0.29, 0.717) is 32.7 Å². The van der Waals surface area contributed by atoms with Crippen LogP contribution in [-0.2, 0) is 16.0 Å². The number of nitrogens with one attached hydrogen (secondary N) is 1. The first-order valence-electron chi connectivity index (χ1n) is 8.81. The van der Waals surface area contributed by atoms with Crippen molar-refractivity contribution in [3.8, 4) is 0 Å². The lowest BCUT2D eigenvalue weighted by atomic mass is 9.96. The van der Waals surface area contributed by atoms with Crippen molar-refractivity contribution in [2.45, 2.75) is 64.0 Å². The summed E-state index contributed by atoms with van der Waals surface area (Å²) < 4.78 is 26.2. The Morgan fingerprint density at radius 2 is 1.96 bits per heavy atom. The van der Waals surface area contributed by atoms with Crippen LogP contribution in [0.3, 0.4) is 0 Å². The zero-order valence-corrected chi connectivity index (χ0v) is 14.8. The van der Waals surface area contributed by atoms with E-state index in [1.807, 2.05) is 37.3 Å². The molecular formula is C19H26F2N2O2.